The number of nitrogens with one attached hydrogen (secondary N) is 1. The molecule has 120 valence electrons. The van der Waals surface area contributed by atoms with E-state index in [1.807, 2.05) is 37.3 Å². The van der Waals surface area contributed by atoms with Crippen LogP contribution in [-0.2, 0) is 4.74 Å². The summed E-state index contributed by atoms with van der Waals surface area (Å²) in [7, 11) is 0. The largest absolute Gasteiger partial charge is 0.378 e. The maximum Gasteiger partial charge on any atom is 0.270 e. The van der Waals surface area contributed by atoms with Crippen LogP contribution >= 0.6 is 0 Å². The number of carbonyl (C=O) groups is 1. The summed E-state index contributed by atoms with van der Waals surface area (Å²) in [5.74, 6) is 0.569. The molecule has 1 fully saturated rings. The van der Waals surface area contributed by atoms with Crippen molar-refractivity contribution in [2.75, 3.05) is 31.2 Å². The van der Waals surface area contributed by atoms with Gasteiger partial charge in [0.2, 0.25) is 0 Å². The molecule has 0 saturated carbocycles. The van der Waals surface area contributed by atoms with Crippen LogP contribution in [0.3, 0.4) is 0 Å². The number of anilines is 1. The molecule has 0 bridgehead atoms. The first-order chi connectivity index (χ1) is 11.2. The zero-order valence-electron chi connectivity index (χ0n) is 13.1. The van der Waals surface area contributed by atoms with Crippen molar-refractivity contribution in [3.05, 3.63) is 54.0 Å². The molecule has 2 heterocycles. The lowest BCUT2D eigenvalue weighted by atomic mass is 10.1. The summed E-state index contributed by atoms with van der Waals surface area (Å²) in [6.07, 6.45) is 1.44. The van der Waals surface area contributed by atoms with Crippen molar-refractivity contribution < 1.29 is 9.53 Å². The van der Waals surface area contributed by atoms with Gasteiger partial charge in [0.25, 0.3) is 5.91 Å². The molecule has 6 heteroatoms. The second-order valence-corrected chi connectivity index (χ2v) is 5.47. The Morgan fingerprint density at radius 2 is 1.96 bits per heavy atom. The number of hydrogen-bond acceptors (Lipinski definition) is 5. The molecule has 23 heavy (non-hydrogen) atoms. The number of morpholine rings is 1. The van der Waals surface area contributed by atoms with Gasteiger partial charge in [0.1, 0.15) is 17.8 Å². The molecule has 0 unspecified atom stereocenters. The molecule has 1 aromatic carbocycles. The summed E-state index contributed by atoms with van der Waals surface area (Å²) >= 11 is 0. The minimum Gasteiger partial charge on any atom is -0.378 e. The van der Waals surface area contributed by atoms with Gasteiger partial charge in [0, 0.05) is 19.2 Å². The number of benzene rings is 1. The van der Waals surface area contributed by atoms with Gasteiger partial charge in [0.05, 0.1) is 19.3 Å². The van der Waals surface area contributed by atoms with Crippen molar-refractivity contribution in [3.8, 4) is 0 Å². The average molecular weight is 312 g/mol. The standard InChI is InChI=1S/C17H20N4O2/c1-13(14-5-3-2-4-6-14)20-17(22)15-11-16(19-12-18-15)21-7-9-23-10-8-21/h2-6,11-13H,7-10H2,1H3,(H,20,22)/t13-/m0/s1. The van der Waals surface area contributed by atoms with Gasteiger partial charge in [0.15, 0.2) is 0 Å². The van der Waals surface area contributed by atoms with Crippen LogP contribution in [0.15, 0.2) is 42.7 Å². The first-order valence-electron chi connectivity index (χ1n) is 7.74. The Balaban J connectivity index is 1.69. The van der Waals surface area contributed by atoms with E-state index < -0.39 is 0 Å². The molecule has 1 N–H and O–H groups in total. The van der Waals surface area contributed by atoms with E-state index in [1.54, 1.807) is 6.07 Å². The highest BCUT2D eigenvalue weighted by atomic mass is 16.5. The van der Waals surface area contributed by atoms with Gasteiger partial charge < -0.3 is 15.0 Å². The van der Waals surface area contributed by atoms with Crippen LogP contribution in [0, 0.1) is 0 Å². The van der Waals surface area contributed by atoms with Crippen molar-refractivity contribution in [1.82, 2.24) is 15.3 Å². The van der Waals surface area contributed by atoms with Crippen molar-refractivity contribution >= 4 is 11.7 Å². The van der Waals surface area contributed by atoms with Crippen molar-refractivity contribution in [1.29, 1.82) is 0 Å². The highest BCUT2D eigenvalue weighted by Gasteiger charge is 2.17. The third-order valence-corrected chi connectivity index (χ3v) is 3.87. The highest BCUT2D eigenvalue weighted by molar-refractivity contribution is 5.93. The van der Waals surface area contributed by atoms with Gasteiger partial charge in [-0.05, 0) is 12.5 Å². The molecule has 6 nitrogen and oxygen atoms in total. The minimum absolute atomic E-state index is 0.0782. The van der Waals surface area contributed by atoms with Crippen LogP contribution in [0.5, 0.6) is 0 Å². The molecule has 0 aliphatic carbocycles. The number of rotatable bonds is 4. The second-order valence-electron chi connectivity index (χ2n) is 5.47. The Hall–Kier alpha value is -2.47. The Kier molecular flexibility index (Phi) is 4.83. The van der Waals surface area contributed by atoms with E-state index in [0.717, 1.165) is 24.5 Å². The Bertz CT molecular complexity index is 657. The first kappa shape index (κ1) is 15.4. The lowest BCUT2D eigenvalue weighted by Crippen LogP contribution is -2.37. The fraction of sp³-hybridized carbons (Fsp3) is 0.353. The van der Waals surface area contributed by atoms with E-state index in [1.165, 1.54) is 6.33 Å². The van der Waals surface area contributed by atoms with Crippen molar-refractivity contribution in [2.24, 2.45) is 0 Å². The predicted octanol–water partition coefficient (Wildman–Crippen LogP) is 1.80. The number of hydrogen-bond donors (Lipinski definition) is 1. The van der Waals surface area contributed by atoms with Gasteiger partial charge in [-0.3, -0.25) is 4.79 Å². The lowest BCUT2D eigenvalue weighted by Gasteiger charge is -2.27. The second kappa shape index (κ2) is 7.19. The molecule has 0 spiro atoms. The minimum atomic E-state index is -0.196. The van der Waals surface area contributed by atoms with E-state index in [0.29, 0.717) is 18.9 Å². The summed E-state index contributed by atoms with van der Waals surface area (Å²) in [6, 6.07) is 11.5. The van der Waals surface area contributed by atoms with Gasteiger partial charge in [-0.2, -0.15) is 0 Å². The third kappa shape index (κ3) is 3.84. The zero-order valence-corrected chi connectivity index (χ0v) is 13.1. The SMILES string of the molecule is C[C@H](NC(=O)c1cc(N2CCOCC2)ncn1)c1ccccc1. The van der Waals surface area contributed by atoms with Crippen LogP contribution in [0.25, 0.3) is 0 Å². The number of carbonyl (C=O) groups excluding carboxylic acids is 1. The molecule has 1 amide bonds. The summed E-state index contributed by atoms with van der Waals surface area (Å²) in [6.45, 7) is 4.86. The molecular weight excluding hydrogens is 292 g/mol. The Morgan fingerprint density at radius 3 is 2.70 bits per heavy atom. The quantitative estimate of drug-likeness (QED) is 0.932. The van der Waals surface area contributed by atoms with Gasteiger partial charge in [-0.15, -0.1) is 0 Å². The summed E-state index contributed by atoms with van der Waals surface area (Å²) < 4.78 is 5.34. The Morgan fingerprint density at radius 1 is 1.22 bits per heavy atom. The zero-order chi connectivity index (χ0) is 16.1. The number of ether oxygens (including phenoxy) is 1. The third-order valence-electron chi connectivity index (χ3n) is 3.87. The fourth-order valence-corrected chi connectivity index (χ4v) is 2.53. The van der Waals surface area contributed by atoms with E-state index in [4.69, 9.17) is 4.74 Å². The van der Waals surface area contributed by atoms with Gasteiger partial charge in [-0.1, -0.05) is 30.3 Å². The smallest absolute Gasteiger partial charge is 0.270 e. The van der Waals surface area contributed by atoms with E-state index >= 15 is 0 Å². The number of aromatic nitrogens is 2. The van der Waals surface area contributed by atoms with Crippen molar-refractivity contribution in [3.63, 3.8) is 0 Å². The molecule has 1 atom stereocenters. The van der Waals surface area contributed by atoms with Crippen LogP contribution in [0.2, 0.25) is 0 Å². The lowest BCUT2D eigenvalue weighted by molar-refractivity contribution is 0.0934. The number of amides is 1. The summed E-state index contributed by atoms with van der Waals surface area (Å²) in [5.41, 5.74) is 1.44. The van der Waals surface area contributed by atoms with E-state index in [2.05, 4.69) is 20.2 Å². The van der Waals surface area contributed by atoms with Gasteiger partial charge >= 0.3 is 0 Å². The topological polar surface area (TPSA) is 67.4 Å². The highest BCUT2D eigenvalue weighted by Crippen LogP contribution is 2.15. The summed E-state index contributed by atoms with van der Waals surface area (Å²) in [4.78, 5) is 22.9. The average Bonchev–Trinajstić information content (AvgIpc) is 2.63. The monoisotopic (exact) mass is 312 g/mol. The van der Waals surface area contributed by atoms with Crippen LogP contribution < -0.4 is 10.2 Å². The molecule has 2 aromatic rings. The molecule has 3 rings (SSSR count). The van der Waals surface area contributed by atoms with Crippen LogP contribution in [0.1, 0.15) is 29.0 Å². The first-order valence-corrected chi connectivity index (χ1v) is 7.74. The van der Waals surface area contributed by atoms with Gasteiger partial charge in [-0.25, -0.2) is 9.97 Å². The molecule has 1 aliphatic rings. The van der Waals surface area contributed by atoms with Crippen LogP contribution in [0.4, 0.5) is 5.82 Å². The maximum absolute atomic E-state index is 12.4. The Labute approximate surface area is 135 Å². The molecular formula is C17H20N4O2. The predicted molar refractivity (Wildman–Crippen MR) is 87.4 cm³/mol. The normalized spacial score (nSPS) is 16.0. The fourth-order valence-electron chi connectivity index (χ4n) is 2.53. The summed E-state index contributed by atoms with van der Waals surface area (Å²) in [5, 5.41) is 2.97. The van der Waals surface area contributed by atoms with Crippen molar-refractivity contribution in [2.45, 2.75) is 13.0 Å². The molecule has 1 aromatic heterocycles. The molecule has 1 aliphatic heterocycles. The van der Waals surface area contributed by atoms with E-state index in [-0.39, 0.29) is 11.9 Å². The number of nitrogens with zero attached hydrogens (tertiary/aromatic N) is 3. The molecule has 0 radical (unpaired) electrons. The molecule has 1 saturated heterocycles. The van der Waals surface area contributed by atoms with Crippen LogP contribution in [-0.4, -0.2) is 42.2 Å². The van der Waals surface area contributed by atoms with E-state index in [9.17, 15) is 4.79 Å². The maximum atomic E-state index is 12.4.